The number of halogens is 1. The number of aromatic nitrogens is 2. The first-order chi connectivity index (χ1) is 11.1. The molecule has 1 aliphatic rings. The molecule has 6 nitrogen and oxygen atoms in total. The summed E-state index contributed by atoms with van der Waals surface area (Å²) in [6.07, 6.45) is 1.85. The molecule has 23 heavy (non-hydrogen) atoms. The van der Waals surface area contributed by atoms with Crippen LogP contribution in [0.5, 0.6) is 5.75 Å². The third-order valence-electron chi connectivity index (χ3n) is 3.82. The van der Waals surface area contributed by atoms with Crippen LogP contribution in [0.25, 0.3) is 11.4 Å². The highest BCUT2D eigenvalue weighted by Gasteiger charge is 2.37. The minimum atomic E-state index is -0.513. The zero-order chi connectivity index (χ0) is 16.3. The van der Waals surface area contributed by atoms with Crippen molar-refractivity contribution in [1.82, 2.24) is 10.1 Å². The summed E-state index contributed by atoms with van der Waals surface area (Å²) in [5.74, 6) is 1.55. The molecule has 0 saturated carbocycles. The molecule has 1 unspecified atom stereocenters. The molecule has 2 heterocycles. The molecule has 3 rings (SSSR count). The summed E-state index contributed by atoms with van der Waals surface area (Å²) in [4.78, 5) is 4.49. The van der Waals surface area contributed by atoms with Gasteiger partial charge in [-0.25, -0.2) is 0 Å². The summed E-state index contributed by atoms with van der Waals surface area (Å²) in [5, 5.41) is 4.65. The van der Waals surface area contributed by atoms with E-state index in [2.05, 4.69) is 10.1 Å². The Balaban J connectivity index is 1.88. The van der Waals surface area contributed by atoms with Gasteiger partial charge in [-0.3, -0.25) is 0 Å². The number of rotatable bonds is 6. The van der Waals surface area contributed by atoms with Crippen LogP contribution in [0.4, 0.5) is 0 Å². The van der Waals surface area contributed by atoms with Crippen LogP contribution in [-0.2, 0) is 15.1 Å². The van der Waals surface area contributed by atoms with Crippen molar-refractivity contribution in [3.63, 3.8) is 0 Å². The number of hydrogen-bond acceptors (Lipinski definition) is 6. The van der Waals surface area contributed by atoms with Crippen molar-refractivity contribution in [2.24, 2.45) is 0 Å². The van der Waals surface area contributed by atoms with E-state index in [4.69, 9.17) is 30.3 Å². The second-order valence-corrected chi connectivity index (χ2v) is 6.02. The molecule has 0 spiro atoms. The highest BCUT2D eigenvalue weighted by atomic mass is 35.5. The quantitative estimate of drug-likeness (QED) is 0.752. The average Bonchev–Trinajstić information content (AvgIpc) is 3.19. The van der Waals surface area contributed by atoms with E-state index >= 15 is 0 Å². The fourth-order valence-corrected chi connectivity index (χ4v) is 2.71. The maximum absolute atomic E-state index is 6.10. The van der Waals surface area contributed by atoms with E-state index in [1.54, 1.807) is 25.3 Å². The molecule has 0 radical (unpaired) electrons. The summed E-state index contributed by atoms with van der Waals surface area (Å²) in [6, 6.07) is 5.31. The van der Waals surface area contributed by atoms with Crippen LogP contribution in [0, 0.1) is 0 Å². The van der Waals surface area contributed by atoms with E-state index < -0.39 is 5.60 Å². The number of nitrogens with zero attached hydrogens (tertiary/aromatic N) is 2. The molecule has 124 valence electrons. The van der Waals surface area contributed by atoms with E-state index in [1.165, 1.54) is 0 Å². The lowest BCUT2D eigenvalue weighted by Gasteiger charge is -2.16. The zero-order valence-corrected chi connectivity index (χ0v) is 13.9. The second-order valence-electron chi connectivity index (χ2n) is 5.59. The van der Waals surface area contributed by atoms with Crippen molar-refractivity contribution in [2.75, 3.05) is 26.9 Å². The summed E-state index contributed by atoms with van der Waals surface area (Å²) in [7, 11) is 1.62. The van der Waals surface area contributed by atoms with Crippen LogP contribution >= 0.6 is 11.6 Å². The Kier molecular flexibility index (Phi) is 4.84. The van der Waals surface area contributed by atoms with E-state index in [9.17, 15) is 0 Å². The van der Waals surface area contributed by atoms with Gasteiger partial charge in [-0.05, 0) is 38.0 Å². The number of hydrogen-bond donors (Lipinski definition) is 0. The molecule has 1 atom stereocenters. The van der Waals surface area contributed by atoms with Crippen LogP contribution in [0.15, 0.2) is 22.7 Å². The van der Waals surface area contributed by atoms with Gasteiger partial charge in [0.2, 0.25) is 5.82 Å². The summed E-state index contributed by atoms with van der Waals surface area (Å²) >= 11 is 6.10. The van der Waals surface area contributed by atoms with Gasteiger partial charge in [0.15, 0.2) is 0 Å². The average molecular weight is 339 g/mol. The van der Waals surface area contributed by atoms with Crippen LogP contribution in [0.1, 0.15) is 25.7 Å². The summed E-state index contributed by atoms with van der Waals surface area (Å²) < 4.78 is 21.9. The minimum Gasteiger partial charge on any atom is -0.490 e. The molecular weight excluding hydrogens is 320 g/mol. The van der Waals surface area contributed by atoms with Crippen molar-refractivity contribution in [1.29, 1.82) is 0 Å². The highest BCUT2D eigenvalue weighted by molar-refractivity contribution is 6.30. The van der Waals surface area contributed by atoms with Crippen molar-refractivity contribution >= 4 is 11.6 Å². The SMILES string of the molecule is COCCOc1ccc(Cl)cc1-c1noc(C2(C)CCCO2)n1. The summed E-state index contributed by atoms with van der Waals surface area (Å²) in [6.45, 7) is 3.59. The van der Waals surface area contributed by atoms with Gasteiger partial charge in [-0.15, -0.1) is 0 Å². The molecule has 1 fully saturated rings. The van der Waals surface area contributed by atoms with E-state index in [-0.39, 0.29) is 0 Å². The third kappa shape index (κ3) is 3.49. The first-order valence-electron chi connectivity index (χ1n) is 7.52. The Morgan fingerprint density at radius 3 is 2.96 bits per heavy atom. The number of ether oxygens (including phenoxy) is 3. The molecule has 1 aliphatic heterocycles. The monoisotopic (exact) mass is 338 g/mol. The van der Waals surface area contributed by atoms with E-state index in [0.29, 0.717) is 47.9 Å². The molecule has 7 heteroatoms. The Morgan fingerprint density at radius 2 is 2.22 bits per heavy atom. The molecule has 1 aromatic carbocycles. The molecule has 0 N–H and O–H groups in total. The molecule has 0 amide bonds. The topological polar surface area (TPSA) is 66.6 Å². The number of benzene rings is 1. The maximum atomic E-state index is 6.10. The van der Waals surface area contributed by atoms with Crippen LogP contribution in [0.2, 0.25) is 5.02 Å². The highest BCUT2D eigenvalue weighted by Crippen LogP contribution is 2.37. The van der Waals surface area contributed by atoms with Gasteiger partial charge < -0.3 is 18.7 Å². The Hall–Kier alpha value is -1.63. The van der Waals surface area contributed by atoms with E-state index in [1.807, 2.05) is 6.92 Å². The summed E-state index contributed by atoms with van der Waals surface area (Å²) in [5.41, 5.74) is 0.172. The van der Waals surface area contributed by atoms with Crippen molar-refractivity contribution in [3.05, 3.63) is 29.1 Å². The van der Waals surface area contributed by atoms with Crippen LogP contribution < -0.4 is 4.74 Å². The lowest BCUT2D eigenvalue weighted by molar-refractivity contribution is -0.00937. The lowest BCUT2D eigenvalue weighted by Crippen LogP contribution is -2.20. The lowest BCUT2D eigenvalue weighted by atomic mass is 10.0. The standard InChI is InChI=1S/C16H19ClN2O4/c1-16(6-3-7-22-16)15-18-14(19-23-15)12-10-11(17)4-5-13(12)21-9-8-20-2/h4-5,10H,3,6-9H2,1-2H3. The largest absolute Gasteiger partial charge is 0.490 e. The van der Waals surface area contributed by atoms with Gasteiger partial charge in [0.05, 0.1) is 12.2 Å². The minimum absolute atomic E-state index is 0.427. The van der Waals surface area contributed by atoms with Gasteiger partial charge in [-0.2, -0.15) is 4.98 Å². The Morgan fingerprint density at radius 1 is 1.35 bits per heavy atom. The first kappa shape index (κ1) is 16.2. The predicted octanol–water partition coefficient (Wildman–Crippen LogP) is 3.44. The van der Waals surface area contributed by atoms with Gasteiger partial charge in [-0.1, -0.05) is 16.8 Å². The van der Waals surface area contributed by atoms with Crippen molar-refractivity contribution < 1.29 is 18.7 Å². The third-order valence-corrected chi connectivity index (χ3v) is 4.06. The first-order valence-corrected chi connectivity index (χ1v) is 7.90. The molecule has 1 saturated heterocycles. The molecule has 1 aromatic heterocycles. The fourth-order valence-electron chi connectivity index (χ4n) is 2.53. The molecule has 0 bridgehead atoms. The van der Waals surface area contributed by atoms with Gasteiger partial charge in [0, 0.05) is 18.7 Å². The molecule has 2 aromatic rings. The van der Waals surface area contributed by atoms with E-state index in [0.717, 1.165) is 12.8 Å². The zero-order valence-electron chi connectivity index (χ0n) is 13.2. The van der Waals surface area contributed by atoms with Crippen molar-refractivity contribution in [2.45, 2.75) is 25.4 Å². The number of methoxy groups -OCH3 is 1. The van der Waals surface area contributed by atoms with Gasteiger partial charge >= 0.3 is 0 Å². The second kappa shape index (κ2) is 6.86. The maximum Gasteiger partial charge on any atom is 0.258 e. The smallest absolute Gasteiger partial charge is 0.258 e. The molecule has 0 aliphatic carbocycles. The van der Waals surface area contributed by atoms with Crippen LogP contribution in [-0.4, -0.2) is 37.1 Å². The van der Waals surface area contributed by atoms with Crippen LogP contribution in [0.3, 0.4) is 0 Å². The Bertz CT molecular complexity index is 668. The predicted molar refractivity (Wildman–Crippen MR) is 84.7 cm³/mol. The molecular formula is C16H19ClN2O4. The van der Waals surface area contributed by atoms with Crippen molar-refractivity contribution in [3.8, 4) is 17.1 Å². The Labute approximate surface area is 139 Å². The van der Waals surface area contributed by atoms with Gasteiger partial charge in [0.25, 0.3) is 5.89 Å². The normalized spacial score (nSPS) is 20.8. The van der Waals surface area contributed by atoms with Gasteiger partial charge in [0.1, 0.15) is 18.0 Å². The fraction of sp³-hybridized carbons (Fsp3) is 0.500.